The van der Waals surface area contributed by atoms with E-state index in [0.29, 0.717) is 11.4 Å². The molecular formula is C11H12N2O4. The fourth-order valence-corrected chi connectivity index (χ4v) is 1.77. The van der Waals surface area contributed by atoms with Crippen LogP contribution in [-0.2, 0) is 9.59 Å². The maximum atomic E-state index is 11.4. The highest BCUT2D eigenvalue weighted by Gasteiger charge is 2.29. The second kappa shape index (κ2) is 3.97. The molecule has 0 bridgehead atoms. The number of carbonyl (C=O) groups is 2. The summed E-state index contributed by atoms with van der Waals surface area (Å²) in [7, 11) is 0. The fraction of sp³-hybridized carbons (Fsp3) is 0.273. The van der Waals surface area contributed by atoms with Crippen molar-refractivity contribution in [3.8, 4) is 5.75 Å². The number of carbonyl (C=O) groups excluding carboxylic acids is 1. The SMILES string of the molecule is CC(C(=O)O)N1CC(=O)Nc2ccc(O)cc21. The minimum atomic E-state index is -1.02. The number of carboxylic acid groups (broad SMARTS) is 1. The summed E-state index contributed by atoms with van der Waals surface area (Å²) in [5.74, 6) is -1.26. The third-order valence-corrected chi connectivity index (χ3v) is 2.70. The van der Waals surface area contributed by atoms with Crippen molar-refractivity contribution in [2.45, 2.75) is 13.0 Å². The van der Waals surface area contributed by atoms with E-state index in [2.05, 4.69) is 5.32 Å². The largest absolute Gasteiger partial charge is 0.508 e. The molecule has 1 amide bonds. The molecule has 0 aromatic heterocycles. The number of rotatable bonds is 2. The number of amides is 1. The second-order valence-electron chi connectivity index (χ2n) is 3.89. The van der Waals surface area contributed by atoms with Gasteiger partial charge in [0.1, 0.15) is 11.8 Å². The van der Waals surface area contributed by atoms with Crippen molar-refractivity contribution in [3.05, 3.63) is 18.2 Å². The van der Waals surface area contributed by atoms with E-state index in [-0.39, 0.29) is 18.2 Å². The minimum absolute atomic E-state index is 0.0301. The van der Waals surface area contributed by atoms with E-state index in [9.17, 15) is 14.7 Å². The van der Waals surface area contributed by atoms with Crippen LogP contribution in [0.2, 0.25) is 0 Å². The van der Waals surface area contributed by atoms with E-state index >= 15 is 0 Å². The van der Waals surface area contributed by atoms with Gasteiger partial charge in [0.05, 0.1) is 17.9 Å². The van der Waals surface area contributed by atoms with Crippen molar-refractivity contribution >= 4 is 23.3 Å². The van der Waals surface area contributed by atoms with E-state index in [0.717, 1.165) is 0 Å². The predicted octanol–water partition coefficient (Wildman–Crippen LogP) is 0.624. The van der Waals surface area contributed by atoms with E-state index in [4.69, 9.17) is 5.11 Å². The highest BCUT2D eigenvalue weighted by molar-refractivity contribution is 6.02. The fourth-order valence-electron chi connectivity index (χ4n) is 1.77. The molecule has 0 fully saturated rings. The van der Waals surface area contributed by atoms with Crippen LogP contribution >= 0.6 is 0 Å². The normalized spacial score (nSPS) is 16.1. The van der Waals surface area contributed by atoms with Gasteiger partial charge in [0.25, 0.3) is 0 Å². The third kappa shape index (κ3) is 2.01. The summed E-state index contributed by atoms with van der Waals surface area (Å²) in [6, 6.07) is 3.59. The number of anilines is 2. The van der Waals surface area contributed by atoms with Gasteiger partial charge >= 0.3 is 5.97 Å². The molecule has 1 heterocycles. The molecule has 6 heteroatoms. The van der Waals surface area contributed by atoms with E-state index in [1.54, 1.807) is 6.07 Å². The third-order valence-electron chi connectivity index (χ3n) is 2.70. The molecular weight excluding hydrogens is 224 g/mol. The van der Waals surface area contributed by atoms with Gasteiger partial charge in [-0.3, -0.25) is 4.79 Å². The average molecular weight is 236 g/mol. The Labute approximate surface area is 97.5 Å². The first-order chi connectivity index (χ1) is 7.99. The smallest absolute Gasteiger partial charge is 0.326 e. The number of phenolic OH excluding ortho intramolecular Hbond substituents is 1. The molecule has 17 heavy (non-hydrogen) atoms. The number of fused-ring (bicyclic) bond motifs is 1. The lowest BCUT2D eigenvalue weighted by Crippen LogP contribution is -2.46. The molecule has 0 saturated heterocycles. The Balaban J connectivity index is 2.46. The molecule has 1 aromatic carbocycles. The Hall–Kier alpha value is -2.24. The van der Waals surface area contributed by atoms with Crippen LogP contribution in [0.15, 0.2) is 18.2 Å². The highest BCUT2D eigenvalue weighted by atomic mass is 16.4. The van der Waals surface area contributed by atoms with E-state index in [1.165, 1.54) is 24.0 Å². The number of hydrogen-bond acceptors (Lipinski definition) is 4. The summed E-state index contributed by atoms with van der Waals surface area (Å²) >= 11 is 0. The van der Waals surface area contributed by atoms with Crippen LogP contribution in [0.4, 0.5) is 11.4 Å². The molecule has 1 unspecified atom stereocenters. The number of benzene rings is 1. The molecule has 0 saturated carbocycles. The lowest BCUT2D eigenvalue weighted by molar-refractivity contribution is -0.138. The lowest BCUT2D eigenvalue weighted by Gasteiger charge is -2.33. The van der Waals surface area contributed by atoms with Crippen LogP contribution < -0.4 is 10.2 Å². The summed E-state index contributed by atoms with van der Waals surface area (Å²) in [5, 5.41) is 21.0. The average Bonchev–Trinajstić information content (AvgIpc) is 2.27. The predicted molar refractivity (Wildman–Crippen MR) is 61.2 cm³/mol. The van der Waals surface area contributed by atoms with E-state index < -0.39 is 12.0 Å². The van der Waals surface area contributed by atoms with Crippen molar-refractivity contribution in [2.24, 2.45) is 0 Å². The zero-order valence-corrected chi connectivity index (χ0v) is 9.17. The summed E-state index contributed by atoms with van der Waals surface area (Å²) in [6.07, 6.45) is 0. The molecule has 0 aliphatic carbocycles. The Kier molecular flexibility index (Phi) is 2.63. The quantitative estimate of drug-likeness (QED) is 0.655. The van der Waals surface area contributed by atoms with Crippen LogP contribution in [0.25, 0.3) is 0 Å². The van der Waals surface area contributed by atoms with Crippen molar-refractivity contribution in [1.29, 1.82) is 0 Å². The summed E-state index contributed by atoms with van der Waals surface area (Å²) < 4.78 is 0. The zero-order chi connectivity index (χ0) is 12.6. The molecule has 0 radical (unpaired) electrons. The van der Waals surface area contributed by atoms with Crippen LogP contribution in [-0.4, -0.2) is 34.7 Å². The van der Waals surface area contributed by atoms with Gasteiger partial charge in [-0.15, -0.1) is 0 Å². The van der Waals surface area contributed by atoms with Gasteiger partial charge in [-0.1, -0.05) is 0 Å². The van der Waals surface area contributed by atoms with Crippen molar-refractivity contribution < 1.29 is 19.8 Å². The number of carboxylic acids is 1. The Morgan fingerprint density at radius 2 is 2.24 bits per heavy atom. The molecule has 0 spiro atoms. The summed E-state index contributed by atoms with van der Waals surface area (Å²) in [6.45, 7) is 1.46. The molecule has 1 aliphatic heterocycles. The number of hydrogen-bond donors (Lipinski definition) is 3. The monoisotopic (exact) mass is 236 g/mol. The second-order valence-corrected chi connectivity index (χ2v) is 3.89. The molecule has 1 aliphatic rings. The maximum absolute atomic E-state index is 11.4. The molecule has 1 atom stereocenters. The standard InChI is InChI=1S/C11H12N2O4/c1-6(11(16)17)13-5-10(15)12-8-3-2-7(14)4-9(8)13/h2-4,6,14H,5H2,1H3,(H,12,15)(H,16,17). The van der Waals surface area contributed by atoms with Gasteiger partial charge < -0.3 is 20.4 Å². The first kappa shape index (κ1) is 11.3. The van der Waals surface area contributed by atoms with Gasteiger partial charge in [0.15, 0.2) is 0 Å². The topological polar surface area (TPSA) is 89.9 Å². The van der Waals surface area contributed by atoms with Crippen LogP contribution in [0.3, 0.4) is 0 Å². The Morgan fingerprint density at radius 3 is 2.88 bits per heavy atom. The van der Waals surface area contributed by atoms with Crippen LogP contribution in [0.5, 0.6) is 5.75 Å². The maximum Gasteiger partial charge on any atom is 0.326 e. The zero-order valence-electron chi connectivity index (χ0n) is 9.17. The number of aliphatic carboxylic acids is 1. The summed E-state index contributed by atoms with van der Waals surface area (Å²) in [5.41, 5.74) is 1.02. The number of nitrogens with zero attached hydrogens (tertiary/aromatic N) is 1. The Morgan fingerprint density at radius 1 is 1.53 bits per heavy atom. The number of phenols is 1. The molecule has 6 nitrogen and oxygen atoms in total. The van der Waals surface area contributed by atoms with Crippen molar-refractivity contribution in [1.82, 2.24) is 0 Å². The van der Waals surface area contributed by atoms with Gasteiger partial charge in [0.2, 0.25) is 5.91 Å². The number of aromatic hydroxyl groups is 1. The number of nitrogens with one attached hydrogen (secondary N) is 1. The van der Waals surface area contributed by atoms with Gasteiger partial charge in [-0.05, 0) is 19.1 Å². The first-order valence-corrected chi connectivity index (χ1v) is 5.11. The van der Waals surface area contributed by atoms with Crippen molar-refractivity contribution in [2.75, 3.05) is 16.8 Å². The summed E-state index contributed by atoms with van der Waals surface area (Å²) in [4.78, 5) is 23.8. The van der Waals surface area contributed by atoms with Gasteiger partial charge in [-0.25, -0.2) is 4.79 Å². The van der Waals surface area contributed by atoms with Crippen LogP contribution in [0, 0.1) is 0 Å². The minimum Gasteiger partial charge on any atom is -0.508 e. The Bertz CT molecular complexity index is 486. The van der Waals surface area contributed by atoms with Gasteiger partial charge in [-0.2, -0.15) is 0 Å². The first-order valence-electron chi connectivity index (χ1n) is 5.11. The van der Waals surface area contributed by atoms with Gasteiger partial charge in [0, 0.05) is 6.07 Å². The highest BCUT2D eigenvalue weighted by Crippen LogP contribution is 2.33. The molecule has 3 N–H and O–H groups in total. The molecule has 90 valence electrons. The van der Waals surface area contributed by atoms with Crippen molar-refractivity contribution in [3.63, 3.8) is 0 Å². The lowest BCUT2D eigenvalue weighted by atomic mass is 10.1. The van der Waals surface area contributed by atoms with Crippen LogP contribution in [0.1, 0.15) is 6.92 Å². The van der Waals surface area contributed by atoms with E-state index in [1.807, 2.05) is 0 Å². The molecule has 1 aromatic rings. The molecule has 2 rings (SSSR count).